The Kier molecular flexibility index (Phi) is 4.44. The summed E-state index contributed by atoms with van der Waals surface area (Å²) in [5, 5.41) is 18.8. The number of halogens is 3. The van der Waals surface area contributed by atoms with Crippen molar-refractivity contribution < 1.29 is 57.7 Å². The van der Waals surface area contributed by atoms with Crippen molar-refractivity contribution in [3.63, 3.8) is 0 Å². The van der Waals surface area contributed by atoms with Crippen molar-refractivity contribution in [2.45, 2.75) is 0 Å². The molecule has 0 saturated heterocycles. The molecular weight excluding hydrogens is 212 g/mol. The molecule has 0 amide bonds. The van der Waals surface area contributed by atoms with Crippen LogP contribution in [0.1, 0.15) is 10.4 Å². The molecule has 1 aromatic rings. The second-order valence-electron chi connectivity index (χ2n) is 2.17. The summed E-state index contributed by atoms with van der Waals surface area (Å²) in [7, 11) is 0. The number of carbonyl (C=O) groups excluding carboxylic acids is 1. The molecule has 0 bridgehead atoms. The van der Waals surface area contributed by atoms with E-state index in [1.165, 1.54) is 0 Å². The van der Waals surface area contributed by atoms with Crippen molar-refractivity contribution in [3.05, 3.63) is 29.1 Å². The molecule has 0 radical (unpaired) electrons. The molecule has 0 heterocycles. The minimum atomic E-state index is -1.99. The van der Waals surface area contributed by atoms with Gasteiger partial charge in [-0.15, -0.1) is 0 Å². The van der Waals surface area contributed by atoms with Crippen LogP contribution in [0.5, 0.6) is 5.75 Å². The van der Waals surface area contributed by atoms with Crippen molar-refractivity contribution in [3.8, 4) is 5.75 Å². The molecule has 1 aromatic carbocycles. The molecular formula is C7H2F3NaO3. The van der Waals surface area contributed by atoms with Gasteiger partial charge in [-0.1, -0.05) is 0 Å². The molecule has 1 N–H and O–H groups in total. The van der Waals surface area contributed by atoms with E-state index in [4.69, 9.17) is 5.11 Å². The Morgan fingerprint density at radius 1 is 1.29 bits per heavy atom. The fraction of sp³-hybridized carbons (Fsp3) is 0. The van der Waals surface area contributed by atoms with Crippen LogP contribution in [-0.2, 0) is 0 Å². The predicted molar refractivity (Wildman–Crippen MR) is 32.3 cm³/mol. The third-order valence-electron chi connectivity index (χ3n) is 1.36. The van der Waals surface area contributed by atoms with Crippen molar-refractivity contribution in [2.24, 2.45) is 0 Å². The number of hydrogen-bond donors (Lipinski definition) is 1. The summed E-state index contributed by atoms with van der Waals surface area (Å²) in [4.78, 5) is 10.1. The minimum Gasteiger partial charge on any atom is -0.545 e. The summed E-state index contributed by atoms with van der Waals surface area (Å²) in [5.41, 5.74) is -1.13. The number of rotatable bonds is 1. The van der Waals surface area contributed by atoms with Crippen LogP contribution in [-0.4, -0.2) is 11.1 Å². The van der Waals surface area contributed by atoms with Gasteiger partial charge < -0.3 is 15.0 Å². The molecule has 0 fully saturated rings. The van der Waals surface area contributed by atoms with Crippen LogP contribution in [0.25, 0.3) is 0 Å². The Hall–Kier alpha value is -0.720. The van der Waals surface area contributed by atoms with E-state index in [2.05, 4.69) is 0 Å². The summed E-state index contributed by atoms with van der Waals surface area (Å²) in [6.07, 6.45) is 0. The van der Waals surface area contributed by atoms with Gasteiger partial charge in [0.25, 0.3) is 0 Å². The summed E-state index contributed by atoms with van der Waals surface area (Å²) in [6, 6.07) is 0.142. The van der Waals surface area contributed by atoms with E-state index < -0.39 is 34.7 Å². The molecule has 70 valence electrons. The topological polar surface area (TPSA) is 60.4 Å². The zero-order chi connectivity index (χ0) is 10.2. The molecule has 0 unspecified atom stereocenters. The second kappa shape index (κ2) is 4.68. The van der Waals surface area contributed by atoms with E-state index in [9.17, 15) is 23.1 Å². The number of aromatic hydroxyl groups is 1. The van der Waals surface area contributed by atoms with Crippen LogP contribution in [0.2, 0.25) is 0 Å². The first-order chi connectivity index (χ1) is 5.95. The summed E-state index contributed by atoms with van der Waals surface area (Å²) < 4.78 is 37.1. The molecule has 0 spiro atoms. The third-order valence-corrected chi connectivity index (χ3v) is 1.36. The molecule has 7 heteroatoms. The van der Waals surface area contributed by atoms with E-state index in [0.717, 1.165) is 0 Å². The van der Waals surface area contributed by atoms with E-state index in [1.54, 1.807) is 0 Å². The van der Waals surface area contributed by atoms with Gasteiger partial charge in [0.2, 0.25) is 5.82 Å². The molecule has 0 aliphatic heterocycles. The molecule has 0 aliphatic rings. The molecule has 0 saturated carbocycles. The zero-order valence-electron chi connectivity index (χ0n) is 6.97. The Morgan fingerprint density at radius 3 is 2.21 bits per heavy atom. The van der Waals surface area contributed by atoms with Gasteiger partial charge in [0.1, 0.15) is 0 Å². The molecule has 0 aliphatic carbocycles. The Bertz CT molecular complexity index is 381. The van der Waals surface area contributed by atoms with E-state index in [1.807, 2.05) is 0 Å². The Labute approximate surface area is 98.5 Å². The third kappa shape index (κ3) is 2.20. The quantitative estimate of drug-likeness (QED) is 0.405. The van der Waals surface area contributed by atoms with Crippen LogP contribution in [0.4, 0.5) is 13.2 Å². The average molecular weight is 214 g/mol. The predicted octanol–water partition coefficient (Wildman–Crippen LogP) is -2.82. The van der Waals surface area contributed by atoms with Crippen LogP contribution < -0.4 is 34.7 Å². The monoisotopic (exact) mass is 214 g/mol. The van der Waals surface area contributed by atoms with E-state index >= 15 is 0 Å². The van der Waals surface area contributed by atoms with Gasteiger partial charge in [-0.05, 0) is 6.07 Å². The normalized spacial score (nSPS) is 9.36. The van der Waals surface area contributed by atoms with Crippen LogP contribution >= 0.6 is 0 Å². The van der Waals surface area contributed by atoms with Gasteiger partial charge >= 0.3 is 29.6 Å². The van der Waals surface area contributed by atoms with Crippen molar-refractivity contribution in [1.82, 2.24) is 0 Å². The molecule has 3 nitrogen and oxygen atoms in total. The Morgan fingerprint density at radius 2 is 1.79 bits per heavy atom. The maximum Gasteiger partial charge on any atom is 1.00 e. The minimum absolute atomic E-state index is 0. The first-order valence-electron chi connectivity index (χ1n) is 3.03. The SMILES string of the molecule is O=C([O-])c1cc(F)c(F)c(F)c1O.[Na+]. The van der Waals surface area contributed by atoms with Gasteiger partial charge in [0, 0.05) is 5.56 Å². The number of carbonyl (C=O) groups is 1. The van der Waals surface area contributed by atoms with Gasteiger partial charge in [-0.2, -0.15) is 4.39 Å². The standard InChI is InChI=1S/C7H3F3O3.Na/c8-3-1-2(7(12)13)6(11)5(10)4(3)9;/h1,11H,(H,12,13);/q;+1/p-1. The van der Waals surface area contributed by atoms with E-state index in [0.29, 0.717) is 0 Å². The number of carboxylic acid groups (broad SMARTS) is 1. The van der Waals surface area contributed by atoms with E-state index in [-0.39, 0.29) is 35.6 Å². The maximum atomic E-state index is 12.5. The molecule has 1 rings (SSSR count). The van der Waals surface area contributed by atoms with Crippen LogP contribution in [0.15, 0.2) is 6.07 Å². The average Bonchev–Trinajstić information content (AvgIpc) is 2.07. The van der Waals surface area contributed by atoms with Crippen molar-refractivity contribution in [2.75, 3.05) is 0 Å². The number of carboxylic acids is 1. The Balaban J connectivity index is 0.00000169. The molecule has 0 aromatic heterocycles. The van der Waals surface area contributed by atoms with Crippen molar-refractivity contribution in [1.29, 1.82) is 0 Å². The largest absolute Gasteiger partial charge is 1.00 e. The zero-order valence-corrected chi connectivity index (χ0v) is 8.97. The molecule has 14 heavy (non-hydrogen) atoms. The summed E-state index contributed by atoms with van der Waals surface area (Å²) in [6.45, 7) is 0. The number of benzene rings is 1. The van der Waals surface area contributed by atoms with Crippen LogP contribution in [0, 0.1) is 17.5 Å². The van der Waals surface area contributed by atoms with Crippen LogP contribution in [0.3, 0.4) is 0 Å². The number of hydrogen-bond acceptors (Lipinski definition) is 3. The summed E-state index contributed by atoms with van der Waals surface area (Å²) >= 11 is 0. The fourth-order valence-corrected chi connectivity index (χ4v) is 0.741. The van der Waals surface area contributed by atoms with Gasteiger partial charge in [0.05, 0.1) is 5.97 Å². The second-order valence-corrected chi connectivity index (χ2v) is 2.17. The first-order valence-corrected chi connectivity index (χ1v) is 3.03. The van der Waals surface area contributed by atoms with Gasteiger partial charge in [-0.3, -0.25) is 0 Å². The fourth-order valence-electron chi connectivity index (χ4n) is 0.741. The number of phenols is 1. The molecule has 0 atom stereocenters. The van der Waals surface area contributed by atoms with Crippen molar-refractivity contribution >= 4 is 5.97 Å². The van der Waals surface area contributed by atoms with Gasteiger partial charge in [-0.25, -0.2) is 8.78 Å². The maximum absolute atomic E-state index is 12.5. The smallest absolute Gasteiger partial charge is 0.545 e. The summed E-state index contributed by atoms with van der Waals surface area (Å²) in [5.74, 6) is -9.04. The van der Waals surface area contributed by atoms with Gasteiger partial charge in [0.15, 0.2) is 17.4 Å². The first kappa shape index (κ1) is 13.3. The number of aromatic carboxylic acids is 1.